The first kappa shape index (κ1) is 12.1. The van der Waals surface area contributed by atoms with E-state index < -0.39 is 0 Å². The van der Waals surface area contributed by atoms with E-state index in [1.54, 1.807) is 12.4 Å². The minimum atomic E-state index is 0.732. The fourth-order valence-corrected chi connectivity index (χ4v) is 1.82. The molecule has 0 atom stereocenters. The van der Waals surface area contributed by atoms with E-state index >= 15 is 0 Å². The maximum Gasteiger partial charge on any atom is 0.159 e. The van der Waals surface area contributed by atoms with E-state index in [9.17, 15) is 0 Å². The van der Waals surface area contributed by atoms with Gasteiger partial charge in [0.15, 0.2) is 5.82 Å². The monoisotopic (exact) mass is 256 g/mol. The Kier molecular flexibility index (Phi) is 3.53. The molecule has 0 aliphatic carbocycles. The van der Waals surface area contributed by atoms with Crippen molar-refractivity contribution in [1.29, 1.82) is 0 Å². The van der Waals surface area contributed by atoms with E-state index in [2.05, 4.69) is 21.8 Å². The molecule has 0 saturated carbocycles. The SMILES string of the molecule is C(#Cc1ccc(-c2ncccn2)cc1)c1ccccc1. The maximum atomic E-state index is 4.23. The van der Waals surface area contributed by atoms with Crippen LogP contribution < -0.4 is 0 Å². The Morgan fingerprint density at radius 3 is 1.85 bits per heavy atom. The molecular weight excluding hydrogens is 244 g/mol. The molecule has 0 radical (unpaired) electrons. The lowest BCUT2D eigenvalue weighted by molar-refractivity contribution is 1.18. The van der Waals surface area contributed by atoms with Crippen LogP contribution in [0.1, 0.15) is 11.1 Å². The third-order valence-corrected chi connectivity index (χ3v) is 2.83. The molecule has 3 rings (SSSR count). The number of hydrogen-bond donors (Lipinski definition) is 0. The second kappa shape index (κ2) is 5.81. The van der Waals surface area contributed by atoms with Crippen LogP contribution in [0.4, 0.5) is 0 Å². The smallest absolute Gasteiger partial charge is 0.159 e. The van der Waals surface area contributed by atoms with Gasteiger partial charge in [-0.05, 0) is 42.5 Å². The first-order chi connectivity index (χ1) is 9.92. The molecule has 3 aromatic rings. The number of rotatable bonds is 1. The molecule has 20 heavy (non-hydrogen) atoms. The van der Waals surface area contributed by atoms with Crippen LogP contribution in [0.25, 0.3) is 11.4 Å². The summed E-state index contributed by atoms with van der Waals surface area (Å²) in [4.78, 5) is 8.45. The highest BCUT2D eigenvalue weighted by Gasteiger charge is 1.98. The van der Waals surface area contributed by atoms with Crippen molar-refractivity contribution in [3.05, 3.63) is 84.2 Å². The van der Waals surface area contributed by atoms with Crippen molar-refractivity contribution >= 4 is 0 Å². The standard InChI is InChI=1S/C18H12N2/c1-2-5-15(6-3-1)7-8-16-9-11-17(12-10-16)18-19-13-4-14-20-18/h1-6,9-14H. The second-order valence-corrected chi connectivity index (χ2v) is 4.27. The predicted octanol–water partition coefficient (Wildman–Crippen LogP) is 3.54. The van der Waals surface area contributed by atoms with Crippen molar-refractivity contribution in [2.45, 2.75) is 0 Å². The molecule has 2 nitrogen and oxygen atoms in total. The minimum Gasteiger partial charge on any atom is -0.237 e. The largest absolute Gasteiger partial charge is 0.237 e. The van der Waals surface area contributed by atoms with E-state index in [1.807, 2.05) is 60.7 Å². The highest BCUT2D eigenvalue weighted by Crippen LogP contribution is 2.14. The zero-order valence-electron chi connectivity index (χ0n) is 10.8. The van der Waals surface area contributed by atoms with Crippen LogP contribution >= 0.6 is 0 Å². The first-order valence-corrected chi connectivity index (χ1v) is 6.36. The van der Waals surface area contributed by atoms with E-state index in [0.29, 0.717) is 0 Å². The molecule has 1 aromatic heterocycles. The Labute approximate surface area is 118 Å². The zero-order valence-corrected chi connectivity index (χ0v) is 10.8. The van der Waals surface area contributed by atoms with Crippen LogP contribution in [0.2, 0.25) is 0 Å². The van der Waals surface area contributed by atoms with Gasteiger partial charge in [0.2, 0.25) is 0 Å². The first-order valence-electron chi connectivity index (χ1n) is 6.36. The van der Waals surface area contributed by atoms with Crippen molar-refractivity contribution in [3.8, 4) is 23.2 Å². The van der Waals surface area contributed by atoms with Crippen LogP contribution in [-0.2, 0) is 0 Å². The molecule has 0 saturated heterocycles. The summed E-state index contributed by atoms with van der Waals surface area (Å²) >= 11 is 0. The Morgan fingerprint density at radius 1 is 0.600 bits per heavy atom. The fourth-order valence-electron chi connectivity index (χ4n) is 1.82. The number of nitrogens with zero attached hydrogens (tertiary/aromatic N) is 2. The zero-order chi connectivity index (χ0) is 13.6. The third kappa shape index (κ3) is 2.90. The third-order valence-electron chi connectivity index (χ3n) is 2.83. The Balaban J connectivity index is 1.83. The molecule has 0 aliphatic heterocycles. The summed E-state index contributed by atoms with van der Waals surface area (Å²) in [5.41, 5.74) is 2.99. The summed E-state index contributed by atoms with van der Waals surface area (Å²) in [6.45, 7) is 0. The maximum absolute atomic E-state index is 4.23. The number of hydrogen-bond acceptors (Lipinski definition) is 2. The van der Waals surface area contributed by atoms with Gasteiger partial charge in [-0.15, -0.1) is 0 Å². The van der Waals surface area contributed by atoms with Crippen molar-refractivity contribution < 1.29 is 0 Å². The molecule has 0 fully saturated rings. The number of benzene rings is 2. The van der Waals surface area contributed by atoms with Gasteiger partial charge in [0.25, 0.3) is 0 Å². The fraction of sp³-hybridized carbons (Fsp3) is 0. The molecule has 2 heteroatoms. The molecule has 0 spiro atoms. The lowest BCUT2D eigenvalue weighted by Gasteiger charge is -1.98. The van der Waals surface area contributed by atoms with Crippen molar-refractivity contribution in [1.82, 2.24) is 9.97 Å². The summed E-state index contributed by atoms with van der Waals surface area (Å²) in [7, 11) is 0. The molecular formula is C18H12N2. The van der Waals surface area contributed by atoms with Gasteiger partial charge in [0.05, 0.1) is 0 Å². The van der Waals surface area contributed by atoms with Gasteiger partial charge < -0.3 is 0 Å². The lowest BCUT2D eigenvalue weighted by atomic mass is 10.1. The normalized spacial score (nSPS) is 9.60. The topological polar surface area (TPSA) is 25.8 Å². The summed E-state index contributed by atoms with van der Waals surface area (Å²) in [6.07, 6.45) is 3.48. The highest BCUT2D eigenvalue weighted by atomic mass is 14.8. The molecule has 0 N–H and O–H groups in total. The van der Waals surface area contributed by atoms with Gasteiger partial charge in [0.1, 0.15) is 0 Å². The van der Waals surface area contributed by atoms with E-state index in [4.69, 9.17) is 0 Å². The van der Waals surface area contributed by atoms with Gasteiger partial charge in [-0.25, -0.2) is 9.97 Å². The van der Waals surface area contributed by atoms with Crippen LogP contribution in [-0.4, -0.2) is 9.97 Å². The lowest BCUT2D eigenvalue weighted by Crippen LogP contribution is -1.86. The molecule has 2 aromatic carbocycles. The summed E-state index contributed by atoms with van der Waals surface area (Å²) in [5.74, 6) is 7.02. The Hall–Kier alpha value is -2.92. The van der Waals surface area contributed by atoms with E-state index in [1.165, 1.54) is 0 Å². The molecule has 0 bridgehead atoms. The van der Waals surface area contributed by atoms with Gasteiger partial charge in [-0.1, -0.05) is 30.0 Å². The molecule has 0 aliphatic rings. The van der Waals surface area contributed by atoms with Crippen molar-refractivity contribution in [2.75, 3.05) is 0 Å². The minimum absolute atomic E-state index is 0.732. The van der Waals surface area contributed by atoms with Gasteiger partial charge >= 0.3 is 0 Å². The van der Waals surface area contributed by atoms with Gasteiger partial charge in [0, 0.05) is 29.1 Å². The molecule has 1 heterocycles. The van der Waals surface area contributed by atoms with Gasteiger partial charge in [-0.2, -0.15) is 0 Å². The average Bonchev–Trinajstić information content (AvgIpc) is 2.55. The van der Waals surface area contributed by atoms with Crippen molar-refractivity contribution in [2.24, 2.45) is 0 Å². The van der Waals surface area contributed by atoms with Crippen LogP contribution in [0.5, 0.6) is 0 Å². The highest BCUT2D eigenvalue weighted by molar-refractivity contribution is 5.56. The van der Waals surface area contributed by atoms with E-state index in [0.717, 1.165) is 22.5 Å². The summed E-state index contributed by atoms with van der Waals surface area (Å²) < 4.78 is 0. The summed E-state index contributed by atoms with van der Waals surface area (Å²) in [6, 6.07) is 19.7. The molecule has 0 amide bonds. The Morgan fingerprint density at radius 2 is 1.20 bits per heavy atom. The van der Waals surface area contributed by atoms with Crippen LogP contribution in [0.15, 0.2) is 73.1 Å². The van der Waals surface area contributed by atoms with Crippen LogP contribution in [0, 0.1) is 11.8 Å². The Bertz CT molecular complexity index is 736. The average molecular weight is 256 g/mol. The predicted molar refractivity (Wildman–Crippen MR) is 79.9 cm³/mol. The van der Waals surface area contributed by atoms with E-state index in [-0.39, 0.29) is 0 Å². The molecule has 0 unspecified atom stereocenters. The number of aromatic nitrogens is 2. The summed E-state index contributed by atoms with van der Waals surface area (Å²) in [5, 5.41) is 0. The van der Waals surface area contributed by atoms with Gasteiger partial charge in [-0.3, -0.25) is 0 Å². The second-order valence-electron chi connectivity index (χ2n) is 4.27. The molecule has 94 valence electrons. The van der Waals surface area contributed by atoms with Crippen LogP contribution in [0.3, 0.4) is 0 Å². The quantitative estimate of drug-likeness (QED) is 0.622. The van der Waals surface area contributed by atoms with Crippen molar-refractivity contribution in [3.63, 3.8) is 0 Å².